The zero-order chi connectivity index (χ0) is 62.3. The number of sulfonamides is 1. The van der Waals surface area contributed by atoms with E-state index < -0.39 is 43.1 Å². The SMILES string of the molecule is COc1cc(CN2CCN(C3CCC(N4CCN(c5ccc(C(=O)NS(=O)(=O)c6ccc(NCC7CCC(C)(O)CC7)c([N+](=O)[O-])c6)c(N6c7cc8cc[nH]c8nc7O[C@H]7COCC[C@@H]76)c5)CC4)CC3)[C@H](c3ccccc3C(C)C)C2)cnc1N1CCOCC1. The third-order valence-electron chi connectivity index (χ3n) is 20.2. The summed E-state index contributed by atoms with van der Waals surface area (Å²) in [4.78, 5) is 54.1. The third-order valence-corrected chi connectivity index (χ3v) is 21.5. The summed E-state index contributed by atoms with van der Waals surface area (Å²) >= 11 is 0. The maximum absolute atomic E-state index is 14.9. The molecule has 0 bridgehead atoms. The fourth-order valence-corrected chi connectivity index (χ4v) is 16.2. The lowest BCUT2D eigenvalue weighted by molar-refractivity contribution is -0.384. The maximum atomic E-state index is 14.9. The first-order valence-electron chi connectivity index (χ1n) is 32.5. The highest BCUT2D eigenvalue weighted by molar-refractivity contribution is 7.90. The van der Waals surface area contributed by atoms with Gasteiger partial charge in [0.1, 0.15) is 23.1 Å². The Morgan fingerprint density at radius 2 is 1.64 bits per heavy atom. The molecule has 2 saturated carbocycles. The molecule has 3 aromatic carbocycles. The Kier molecular flexibility index (Phi) is 18.0. The maximum Gasteiger partial charge on any atom is 0.293 e. The number of nitrogens with one attached hydrogen (secondary N) is 3. The third kappa shape index (κ3) is 13.0. The number of nitro groups is 1. The fraction of sp³-hybridized carbons (Fsp3) is 0.537. The van der Waals surface area contributed by atoms with Crippen LogP contribution in [-0.4, -0.2) is 183 Å². The standard InChI is InChI=1S/C67H86N12O10S/c1-44(2)52-7-5-6-8-53(52)60-42-73(41-46-35-61(86-4)64(70-40-46)76-30-33-87-34-31-76)24-29-77(60)49-11-9-48(10-12-49)74-25-27-75(28-26-74)50-13-15-54(57(37-50)78-56-20-32-88-43-62(56)89-66-59(78)36-47-19-23-68-63(47)71-66)65(80)72-90(84,85)51-14-16-55(58(38-51)79(82)83)69-39-45-17-21-67(3,81)22-18-45/h5-8,13-16,19,23,35-38,40,44-45,48-49,56,60,62,69,81H,9-12,17-18,20-22,24-34,39,41-43H2,1-4H3,(H,68,71)(H,72,80)/t45?,48?,49?,56-,60-,62-,67?/m0/s1. The van der Waals surface area contributed by atoms with Crippen LogP contribution in [0.1, 0.15) is 118 Å². The van der Waals surface area contributed by atoms with E-state index in [1.165, 1.54) is 23.3 Å². The minimum absolute atomic E-state index is 0.105. The molecule has 3 aromatic heterocycles. The molecule has 8 heterocycles. The molecular formula is C67H86N12O10S. The normalized spacial score (nSPS) is 25.6. The number of morpholine rings is 1. The van der Waals surface area contributed by atoms with Crippen LogP contribution < -0.4 is 34.2 Å². The molecule has 23 heteroatoms. The number of aromatic nitrogens is 3. The van der Waals surface area contributed by atoms with Gasteiger partial charge >= 0.3 is 0 Å². The lowest BCUT2D eigenvalue weighted by atomic mass is 9.80. The quantitative estimate of drug-likeness (QED) is 0.0492. The molecular weight excluding hydrogens is 1160 g/mol. The summed E-state index contributed by atoms with van der Waals surface area (Å²) < 4.78 is 55.0. The Morgan fingerprint density at radius 1 is 0.867 bits per heavy atom. The fourth-order valence-electron chi connectivity index (χ4n) is 15.2. The van der Waals surface area contributed by atoms with Gasteiger partial charge in [-0.25, -0.2) is 18.1 Å². The summed E-state index contributed by atoms with van der Waals surface area (Å²) in [7, 11) is -2.91. The highest BCUT2D eigenvalue weighted by Crippen LogP contribution is 2.47. The van der Waals surface area contributed by atoms with Gasteiger partial charge in [0.2, 0.25) is 5.88 Å². The highest BCUT2D eigenvalue weighted by atomic mass is 32.2. The van der Waals surface area contributed by atoms with Crippen molar-refractivity contribution < 1.29 is 42.2 Å². The van der Waals surface area contributed by atoms with E-state index in [0.717, 1.165) is 138 Å². The van der Waals surface area contributed by atoms with Gasteiger partial charge in [-0.3, -0.25) is 29.6 Å². The van der Waals surface area contributed by atoms with E-state index >= 15 is 0 Å². The van der Waals surface area contributed by atoms with Gasteiger partial charge in [-0.2, -0.15) is 4.98 Å². The zero-order valence-corrected chi connectivity index (χ0v) is 53.0. The number of benzene rings is 3. The molecule has 13 rings (SSSR count). The number of H-pyrrole nitrogens is 1. The van der Waals surface area contributed by atoms with Crippen LogP contribution in [0.4, 0.5) is 34.3 Å². The number of carbonyl (C=O) groups is 1. The van der Waals surface area contributed by atoms with Gasteiger partial charge in [-0.1, -0.05) is 38.1 Å². The first-order valence-corrected chi connectivity index (χ1v) is 33.9. The van der Waals surface area contributed by atoms with Crippen molar-refractivity contribution in [3.63, 3.8) is 0 Å². The number of anilines is 5. The minimum Gasteiger partial charge on any atom is -0.493 e. The molecule has 480 valence electrons. The van der Waals surface area contributed by atoms with E-state index in [9.17, 15) is 28.4 Å². The number of hydrogen-bond donors (Lipinski definition) is 4. The van der Waals surface area contributed by atoms with Crippen molar-refractivity contribution in [1.82, 2.24) is 34.4 Å². The first kappa shape index (κ1) is 61.7. The summed E-state index contributed by atoms with van der Waals surface area (Å²) in [5.41, 5.74) is 5.78. The topological polar surface area (TPSA) is 237 Å². The predicted molar refractivity (Wildman–Crippen MR) is 346 cm³/mol. The van der Waals surface area contributed by atoms with Crippen LogP contribution in [0, 0.1) is 16.0 Å². The Labute approximate surface area is 527 Å². The molecule has 1 amide bonds. The van der Waals surface area contributed by atoms with Crippen molar-refractivity contribution in [2.45, 2.75) is 132 Å². The van der Waals surface area contributed by atoms with Crippen molar-refractivity contribution in [2.24, 2.45) is 5.92 Å². The van der Waals surface area contributed by atoms with E-state index in [1.807, 2.05) is 43.6 Å². The van der Waals surface area contributed by atoms with E-state index in [-0.39, 0.29) is 29.3 Å². The summed E-state index contributed by atoms with van der Waals surface area (Å²) in [6, 6.07) is 25.3. The number of piperazine rings is 2. The van der Waals surface area contributed by atoms with Gasteiger partial charge in [0, 0.05) is 126 Å². The number of ether oxygens (including phenoxy) is 4. The van der Waals surface area contributed by atoms with Gasteiger partial charge in [-0.05, 0) is 142 Å². The molecule has 2 aliphatic carbocycles. The van der Waals surface area contributed by atoms with Gasteiger partial charge < -0.3 is 49.1 Å². The number of amides is 1. The van der Waals surface area contributed by atoms with Crippen LogP contribution in [0.15, 0.2) is 96.2 Å². The monoisotopic (exact) mass is 1250 g/mol. The molecule has 0 unspecified atom stereocenters. The van der Waals surface area contributed by atoms with Crippen LogP contribution in [-0.2, 0) is 26.0 Å². The summed E-state index contributed by atoms with van der Waals surface area (Å²) in [6.45, 7) is 17.5. The number of nitro benzene ring substituents is 1. The predicted octanol–water partition coefficient (Wildman–Crippen LogP) is 8.99. The van der Waals surface area contributed by atoms with Crippen LogP contribution in [0.2, 0.25) is 0 Å². The van der Waals surface area contributed by atoms with Crippen LogP contribution in [0.25, 0.3) is 11.0 Å². The van der Waals surface area contributed by atoms with E-state index in [2.05, 4.69) is 88.6 Å². The molecule has 5 aliphatic heterocycles. The van der Waals surface area contributed by atoms with Crippen molar-refractivity contribution in [1.29, 1.82) is 0 Å². The summed E-state index contributed by atoms with van der Waals surface area (Å²) in [5.74, 6) is 1.76. The first-order chi connectivity index (χ1) is 43.6. The van der Waals surface area contributed by atoms with Crippen LogP contribution in [0.3, 0.4) is 0 Å². The molecule has 4 saturated heterocycles. The number of carbonyl (C=O) groups excluding carboxylic acids is 1. The average molecular weight is 1250 g/mol. The smallest absolute Gasteiger partial charge is 0.293 e. The lowest BCUT2D eigenvalue weighted by Crippen LogP contribution is -2.55. The Morgan fingerprint density at radius 3 is 2.41 bits per heavy atom. The van der Waals surface area contributed by atoms with Crippen molar-refractivity contribution in [2.75, 3.05) is 119 Å². The minimum atomic E-state index is -4.65. The molecule has 0 radical (unpaired) electrons. The number of fused-ring (bicyclic) bond motifs is 3. The Bertz CT molecular complexity index is 3670. The highest BCUT2D eigenvalue weighted by Gasteiger charge is 2.43. The van der Waals surface area contributed by atoms with Crippen molar-refractivity contribution >= 4 is 61.2 Å². The second kappa shape index (κ2) is 26.2. The molecule has 22 nitrogen and oxygen atoms in total. The second-order valence-corrected chi connectivity index (χ2v) is 28.0. The molecule has 4 N–H and O–H groups in total. The van der Waals surface area contributed by atoms with Gasteiger partial charge in [0.15, 0.2) is 11.6 Å². The van der Waals surface area contributed by atoms with Gasteiger partial charge in [0.05, 0.1) is 59.6 Å². The van der Waals surface area contributed by atoms with Gasteiger partial charge in [-0.15, -0.1) is 0 Å². The zero-order valence-electron chi connectivity index (χ0n) is 52.2. The number of hydrogen-bond acceptors (Lipinski definition) is 19. The molecule has 90 heavy (non-hydrogen) atoms. The van der Waals surface area contributed by atoms with Gasteiger partial charge in [0.25, 0.3) is 21.6 Å². The van der Waals surface area contributed by atoms with Crippen molar-refractivity contribution in [3.8, 4) is 11.6 Å². The number of pyridine rings is 2. The second-order valence-electron chi connectivity index (χ2n) is 26.3. The Balaban J connectivity index is 0.712. The molecule has 7 aliphatic rings. The summed E-state index contributed by atoms with van der Waals surface area (Å²) in [6.07, 6.45) is 11.2. The summed E-state index contributed by atoms with van der Waals surface area (Å²) in [5, 5.41) is 26.9. The molecule has 6 fully saturated rings. The van der Waals surface area contributed by atoms with E-state index in [1.54, 1.807) is 13.2 Å². The van der Waals surface area contributed by atoms with Crippen LogP contribution in [0.5, 0.6) is 11.6 Å². The number of rotatable bonds is 17. The molecule has 0 spiro atoms. The molecule has 6 aromatic rings. The molecule has 3 atom stereocenters. The lowest BCUT2D eigenvalue weighted by Gasteiger charge is -2.49. The Hall–Kier alpha value is -7.12. The average Bonchev–Trinajstić information content (AvgIpc) is 1.07. The largest absolute Gasteiger partial charge is 0.493 e. The van der Waals surface area contributed by atoms with Crippen molar-refractivity contribution in [3.05, 3.63) is 124 Å². The number of aliphatic hydroxyl groups is 1. The number of nitrogens with zero attached hydrogens (tertiary/aromatic N) is 9. The van der Waals surface area contributed by atoms with Crippen LogP contribution >= 0.6 is 0 Å². The van der Waals surface area contributed by atoms with E-state index in [4.69, 9.17) is 28.9 Å². The number of methoxy groups -OCH3 is 1. The number of aromatic amines is 1. The van der Waals surface area contributed by atoms with E-state index in [0.29, 0.717) is 93.1 Å².